The van der Waals surface area contributed by atoms with Gasteiger partial charge in [0.1, 0.15) is 17.4 Å². The average molecular weight is 644 g/mol. The zero-order chi connectivity index (χ0) is 30.9. The van der Waals surface area contributed by atoms with Crippen LogP contribution in [-0.2, 0) is 13.8 Å². The monoisotopic (exact) mass is 643 g/mol. The second-order valence-corrected chi connectivity index (χ2v) is 13.0. The molecule has 0 spiro atoms. The second kappa shape index (κ2) is 16.0. The van der Waals surface area contributed by atoms with Crippen molar-refractivity contribution in [3.05, 3.63) is 53.7 Å². The van der Waals surface area contributed by atoms with E-state index in [1.807, 2.05) is 36.4 Å². The lowest BCUT2D eigenvalue weighted by Gasteiger charge is -2.42. The van der Waals surface area contributed by atoms with E-state index in [4.69, 9.17) is 30.1 Å². The number of piperidine rings is 1. The van der Waals surface area contributed by atoms with E-state index >= 15 is 0 Å². The summed E-state index contributed by atoms with van der Waals surface area (Å²) >= 11 is 6.50. The van der Waals surface area contributed by atoms with E-state index in [9.17, 15) is 0 Å². The smallest absolute Gasteiger partial charge is 0.229 e. The summed E-state index contributed by atoms with van der Waals surface area (Å²) in [5.74, 6) is 1.67. The van der Waals surface area contributed by atoms with Gasteiger partial charge in [-0.05, 0) is 44.2 Å². The molecule has 238 valence electrons. The zero-order valence-corrected chi connectivity index (χ0v) is 27.6. The molecule has 0 atom stereocenters. The fraction of sp³-hybridized carbons (Fsp3) is 0.484. The number of nitrogens with zero attached hydrogens (tertiary/aromatic N) is 5. The minimum atomic E-state index is -1.25. The van der Waals surface area contributed by atoms with Gasteiger partial charge < -0.3 is 39.0 Å². The Hall–Kier alpha value is -2.76. The van der Waals surface area contributed by atoms with E-state index in [1.54, 1.807) is 27.5 Å². The van der Waals surface area contributed by atoms with E-state index in [-0.39, 0.29) is 0 Å². The van der Waals surface area contributed by atoms with Crippen molar-refractivity contribution in [2.75, 3.05) is 96.4 Å². The summed E-state index contributed by atoms with van der Waals surface area (Å²) in [5.41, 5.74) is 2.69. The minimum Gasteiger partial charge on any atom is -0.489 e. The molecule has 2 N–H and O–H groups in total. The average Bonchev–Trinajstić information content (AvgIpc) is 3.05. The maximum atomic E-state index is 6.50. The first-order valence-corrected chi connectivity index (χ1v) is 16.5. The molecule has 2 saturated heterocycles. The van der Waals surface area contributed by atoms with Crippen LogP contribution in [0.25, 0.3) is 0 Å². The van der Waals surface area contributed by atoms with Crippen molar-refractivity contribution in [2.45, 2.75) is 18.9 Å². The first kappa shape index (κ1) is 32.6. The number of methoxy groups -OCH3 is 1. The number of hydrogen-bond donors (Lipinski definition) is 2. The Morgan fingerprint density at radius 3 is 2.41 bits per heavy atom. The number of nitrogens with one attached hydrogen (secondary N) is 2. The van der Waals surface area contributed by atoms with E-state index in [1.165, 1.54) is 0 Å². The van der Waals surface area contributed by atoms with Crippen LogP contribution in [0.3, 0.4) is 0 Å². The summed E-state index contributed by atoms with van der Waals surface area (Å²) in [6, 6.07) is 14.6. The zero-order valence-electron chi connectivity index (χ0n) is 26.0. The second-order valence-electron chi connectivity index (χ2n) is 10.9. The van der Waals surface area contributed by atoms with Crippen LogP contribution in [0, 0.1) is 0 Å². The van der Waals surface area contributed by atoms with Crippen LogP contribution < -0.4 is 25.6 Å². The summed E-state index contributed by atoms with van der Waals surface area (Å²) in [6.45, 7) is 7.57. The van der Waals surface area contributed by atoms with Crippen LogP contribution in [-0.4, -0.2) is 107 Å². The number of aromatic nitrogens is 2. The number of para-hydroxylation sites is 1. The SMILES string of the molecule is COCCOc1cc(Nc2ncc(Cl)c(Nc3ccccc3P(OC)OC)n2)ccc1N1CCC(N2CCN(C)CC2)CC1. The molecule has 0 saturated carbocycles. The molecule has 0 bridgehead atoms. The molecule has 0 aliphatic carbocycles. The van der Waals surface area contributed by atoms with Crippen LogP contribution in [0.4, 0.5) is 28.8 Å². The highest BCUT2D eigenvalue weighted by Crippen LogP contribution is 2.39. The fourth-order valence-electron chi connectivity index (χ4n) is 5.64. The van der Waals surface area contributed by atoms with Gasteiger partial charge in [0.2, 0.25) is 14.3 Å². The third-order valence-electron chi connectivity index (χ3n) is 8.05. The normalized spacial score (nSPS) is 16.8. The molecule has 0 unspecified atom stereocenters. The van der Waals surface area contributed by atoms with Gasteiger partial charge >= 0.3 is 0 Å². The lowest BCUT2D eigenvalue weighted by molar-refractivity contribution is 0.0980. The quantitative estimate of drug-likeness (QED) is 0.193. The summed E-state index contributed by atoms with van der Waals surface area (Å²) < 4.78 is 22.5. The van der Waals surface area contributed by atoms with Crippen molar-refractivity contribution in [1.82, 2.24) is 19.8 Å². The lowest BCUT2D eigenvalue weighted by Crippen LogP contribution is -2.52. The molecule has 0 radical (unpaired) electrons. The molecule has 5 rings (SSSR count). The maximum Gasteiger partial charge on any atom is 0.229 e. The summed E-state index contributed by atoms with van der Waals surface area (Å²) in [4.78, 5) is 16.6. The largest absolute Gasteiger partial charge is 0.489 e. The predicted octanol–water partition coefficient (Wildman–Crippen LogP) is 5.09. The Morgan fingerprint density at radius 1 is 0.932 bits per heavy atom. The lowest BCUT2D eigenvalue weighted by atomic mass is 10.0. The fourth-order valence-corrected chi connectivity index (χ4v) is 6.86. The first-order valence-electron chi connectivity index (χ1n) is 15.0. The van der Waals surface area contributed by atoms with Crippen molar-refractivity contribution >= 4 is 54.1 Å². The van der Waals surface area contributed by atoms with Crippen molar-refractivity contribution in [2.24, 2.45) is 0 Å². The first-order chi connectivity index (χ1) is 21.5. The molecule has 0 amide bonds. The molecule has 44 heavy (non-hydrogen) atoms. The molecule has 3 aromatic rings. The van der Waals surface area contributed by atoms with Gasteiger partial charge in [-0.2, -0.15) is 4.98 Å². The number of benzene rings is 2. The van der Waals surface area contributed by atoms with Gasteiger partial charge in [0.15, 0.2) is 5.82 Å². The van der Waals surface area contributed by atoms with Gasteiger partial charge in [-0.25, -0.2) is 4.98 Å². The number of anilines is 5. The Bertz CT molecular complexity index is 1350. The molecule has 2 aromatic carbocycles. The Labute approximate surface area is 266 Å². The van der Waals surface area contributed by atoms with Gasteiger partial charge in [0.25, 0.3) is 0 Å². The van der Waals surface area contributed by atoms with Crippen LogP contribution in [0.2, 0.25) is 5.02 Å². The van der Waals surface area contributed by atoms with Gasteiger partial charge in [-0.15, -0.1) is 0 Å². The third kappa shape index (κ3) is 8.28. The highest BCUT2D eigenvalue weighted by Gasteiger charge is 2.28. The van der Waals surface area contributed by atoms with E-state index in [2.05, 4.69) is 48.4 Å². The number of halogens is 1. The number of piperazine rings is 1. The predicted molar refractivity (Wildman–Crippen MR) is 179 cm³/mol. The summed E-state index contributed by atoms with van der Waals surface area (Å²) in [6.07, 6.45) is 3.87. The number of ether oxygens (including phenoxy) is 2. The number of hydrogen-bond acceptors (Lipinski definition) is 11. The Kier molecular flexibility index (Phi) is 11.9. The molecule has 2 aliphatic rings. The summed E-state index contributed by atoms with van der Waals surface area (Å²) in [5, 5.41) is 7.93. The molecule has 13 heteroatoms. The number of likely N-dealkylation sites (N-methyl/N-ethyl adjacent to an activating group) is 1. The summed E-state index contributed by atoms with van der Waals surface area (Å²) in [7, 11) is 5.89. The highest BCUT2D eigenvalue weighted by atomic mass is 35.5. The minimum absolute atomic E-state index is 0.392. The van der Waals surface area contributed by atoms with Crippen LogP contribution >= 0.6 is 20.0 Å². The molecule has 1 aromatic heterocycles. The molecular weight excluding hydrogens is 601 g/mol. The van der Waals surface area contributed by atoms with Crippen LogP contribution in [0.1, 0.15) is 12.8 Å². The molecule has 2 aliphatic heterocycles. The topological polar surface area (TPSA) is 96.5 Å². The van der Waals surface area contributed by atoms with E-state index < -0.39 is 8.38 Å². The van der Waals surface area contributed by atoms with Crippen molar-refractivity contribution < 1.29 is 18.5 Å². The maximum absolute atomic E-state index is 6.50. The Morgan fingerprint density at radius 2 is 1.68 bits per heavy atom. The molecule has 2 fully saturated rings. The van der Waals surface area contributed by atoms with Gasteiger partial charge in [-0.1, -0.05) is 23.7 Å². The standard InChI is InChI=1S/C31H43ClN7O4P/c1-37-15-17-38(18-16-37)24-11-13-39(14-12-24)27-10-9-23(21-28(27)43-20-19-40-2)34-31-33-22-25(32)30(36-31)35-26-7-5-6-8-29(26)44(41-3)42-4/h5-10,21-22,24H,11-20H2,1-4H3,(H2,33,34,35,36). The Balaban J connectivity index is 1.30. The van der Waals surface area contributed by atoms with Gasteiger partial charge in [0, 0.05) is 78.4 Å². The number of rotatable bonds is 13. The van der Waals surface area contributed by atoms with Crippen LogP contribution in [0.15, 0.2) is 48.7 Å². The van der Waals surface area contributed by atoms with Crippen LogP contribution in [0.5, 0.6) is 5.75 Å². The van der Waals surface area contributed by atoms with Gasteiger partial charge in [0.05, 0.1) is 29.5 Å². The van der Waals surface area contributed by atoms with Crippen molar-refractivity contribution in [3.8, 4) is 5.75 Å². The van der Waals surface area contributed by atoms with E-state index in [0.29, 0.717) is 36.0 Å². The van der Waals surface area contributed by atoms with Crippen molar-refractivity contribution in [1.29, 1.82) is 0 Å². The molecule has 11 nitrogen and oxygen atoms in total. The van der Waals surface area contributed by atoms with Gasteiger partial charge in [-0.3, -0.25) is 4.90 Å². The molecule has 3 heterocycles. The van der Waals surface area contributed by atoms with E-state index in [0.717, 1.165) is 80.2 Å². The highest BCUT2D eigenvalue weighted by molar-refractivity contribution is 7.56. The van der Waals surface area contributed by atoms with Crippen molar-refractivity contribution in [3.63, 3.8) is 0 Å². The third-order valence-corrected chi connectivity index (χ3v) is 9.77. The molecular formula is C31H43ClN7O4P.